The van der Waals surface area contributed by atoms with Gasteiger partial charge < -0.3 is 9.80 Å². The number of anilines is 6. The molecule has 11 aromatic rings. The Balaban J connectivity index is 1.10. The second kappa shape index (κ2) is 13.7. The fourth-order valence-corrected chi connectivity index (χ4v) is 11.8. The molecule has 0 bridgehead atoms. The van der Waals surface area contributed by atoms with Crippen molar-refractivity contribution in [1.29, 1.82) is 0 Å². The molecular formula is C59H38N2S. The SMILES string of the molecule is c1ccc(N(c2ccccc2)c2ccc3c(c2)-c2ccccc2C32c3ccccc3-c3c2cc(N(c2ccccc2)c2ccc4sc5ccccc5c4c2)c2ccccc32)cc1. The van der Waals surface area contributed by atoms with Crippen molar-refractivity contribution in [3.8, 4) is 22.3 Å². The third-order valence-corrected chi connectivity index (χ3v) is 14.4. The van der Waals surface area contributed by atoms with Gasteiger partial charge in [-0.05, 0) is 129 Å². The molecular weight excluding hydrogens is 769 g/mol. The maximum Gasteiger partial charge on any atom is 0.0726 e. The topological polar surface area (TPSA) is 6.48 Å². The highest BCUT2D eigenvalue weighted by atomic mass is 32.1. The van der Waals surface area contributed by atoms with Gasteiger partial charge in [-0.1, -0.05) is 152 Å². The Hall–Kier alpha value is -7.72. The molecule has 0 amide bonds. The first-order chi connectivity index (χ1) is 30.8. The molecule has 0 aliphatic heterocycles. The molecule has 10 aromatic carbocycles. The van der Waals surface area contributed by atoms with Gasteiger partial charge in [-0.2, -0.15) is 0 Å². The predicted octanol–water partition coefficient (Wildman–Crippen LogP) is 16.5. The molecule has 3 heteroatoms. The van der Waals surface area contributed by atoms with Gasteiger partial charge in [-0.15, -0.1) is 11.3 Å². The Bertz CT molecular complexity index is 3500. The third-order valence-electron chi connectivity index (χ3n) is 13.2. The minimum absolute atomic E-state index is 0.546. The van der Waals surface area contributed by atoms with Gasteiger partial charge in [0.25, 0.3) is 0 Å². The van der Waals surface area contributed by atoms with E-state index in [0.717, 1.165) is 28.4 Å². The van der Waals surface area contributed by atoms with E-state index in [4.69, 9.17) is 0 Å². The predicted molar refractivity (Wildman–Crippen MR) is 263 cm³/mol. The second-order valence-corrected chi connectivity index (χ2v) is 17.5. The average Bonchev–Trinajstić information content (AvgIpc) is 3.96. The fraction of sp³-hybridized carbons (Fsp3) is 0.0169. The number of thiophene rings is 1. The Labute approximate surface area is 364 Å². The highest BCUT2D eigenvalue weighted by molar-refractivity contribution is 7.25. The summed E-state index contributed by atoms with van der Waals surface area (Å²) in [7, 11) is 0. The molecule has 2 aliphatic rings. The van der Waals surface area contributed by atoms with Gasteiger partial charge >= 0.3 is 0 Å². The lowest BCUT2D eigenvalue weighted by atomic mass is 9.70. The van der Waals surface area contributed by atoms with E-state index in [-0.39, 0.29) is 0 Å². The molecule has 1 spiro atoms. The van der Waals surface area contributed by atoms with Crippen LogP contribution in [0, 0.1) is 0 Å². The standard InChI is InChI=1S/C59H38N2S/c1-4-18-39(19-5-1)60(40-20-6-2-7-21-40)42-32-34-53-49(36-42)44-24-12-15-29-51(44)59(53)52-30-16-13-28-48(52)58-47-27-11-10-25-45(47)55(38-54(58)59)61(41-22-8-3-9-23-41)43-33-35-57-50(37-43)46-26-14-17-31-56(46)62-57/h1-38H. The number of para-hydroxylation sites is 3. The summed E-state index contributed by atoms with van der Waals surface area (Å²) in [6.45, 7) is 0. The summed E-state index contributed by atoms with van der Waals surface area (Å²) in [4.78, 5) is 4.87. The molecule has 0 fully saturated rings. The zero-order valence-electron chi connectivity index (χ0n) is 33.7. The summed E-state index contributed by atoms with van der Waals surface area (Å²) in [5.41, 5.74) is 16.7. The van der Waals surface area contributed by atoms with Crippen LogP contribution in [0.25, 0.3) is 53.2 Å². The molecule has 1 unspecified atom stereocenters. The normalized spacial score (nSPS) is 14.5. The van der Waals surface area contributed by atoms with Gasteiger partial charge in [0.05, 0.1) is 11.1 Å². The largest absolute Gasteiger partial charge is 0.310 e. The fourth-order valence-electron chi connectivity index (χ4n) is 10.8. The van der Waals surface area contributed by atoms with Gasteiger partial charge in [0, 0.05) is 54.0 Å². The van der Waals surface area contributed by atoms with Crippen molar-refractivity contribution in [2.24, 2.45) is 0 Å². The molecule has 0 saturated carbocycles. The Morgan fingerprint density at radius 2 is 0.790 bits per heavy atom. The van der Waals surface area contributed by atoms with Crippen LogP contribution in [0.3, 0.4) is 0 Å². The molecule has 1 heterocycles. The minimum Gasteiger partial charge on any atom is -0.310 e. The molecule has 0 radical (unpaired) electrons. The molecule has 2 aliphatic carbocycles. The summed E-state index contributed by atoms with van der Waals surface area (Å²) in [6, 6.07) is 85.3. The van der Waals surface area contributed by atoms with Crippen molar-refractivity contribution in [2.45, 2.75) is 5.41 Å². The molecule has 62 heavy (non-hydrogen) atoms. The highest BCUT2D eigenvalue weighted by Crippen LogP contribution is 2.65. The van der Waals surface area contributed by atoms with Gasteiger partial charge in [0.2, 0.25) is 0 Å². The van der Waals surface area contributed by atoms with Crippen LogP contribution in [0.4, 0.5) is 34.1 Å². The molecule has 1 aromatic heterocycles. The van der Waals surface area contributed by atoms with Crippen LogP contribution in [0.2, 0.25) is 0 Å². The zero-order valence-corrected chi connectivity index (χ0v) is 34.6. The van der Waals surface area contributed by atoms with E-state index >= 15 is 0 Å². The van der Waals surface area contributed by atoms with E-state index in [9.17, 15) is 0 Å². The van der Waals surface area contributed by atoms with Crippen LogP contribution in [0.1, 0.15) is 22.3 Å². The first-order valence-electron chi connectivity index (χ1n) is 21.3. The number of benzene rings is 10. The second-order valence-electron chi connectivity index (χ2n) is 16.4. The first kappa shape index (κ1) is 35.1. The summed E-state index contributed by atoms with van der Waals surface area (Å²) in [5.74, 6) is 0. The Kier molecular flexibility index (Phi) is 7.72. The van der Waals surface area contributed by atoms with Gasteiger partial charge in [-0.25, -0.2) is 0 Å². The van der Waals surface area contributed by atoms with Crippen molar-refractivity contribution in [2.75, 3.05) is 9.80 Å². The Morgan fingerprint density at radius 3 is 1.50 bits per heavy atom. The molecule has 290 valence electrons. The van der Waals surface area contributed by atoms with Crippen molar-refractivity contribution >= 4 is 76.4 Å². The highest BCUT2D eigenvalue weighted by Gasteiger charge is 2.52. The smallest absolute Gasteiger partial charge is 0.0726 e. The Morgan fingerprint density at radius 1 is 0.290 bits per heavy atom. The molecule has 0 N–H and O–H groups in total. The monoisotopic (exact) mass is 806 g/mol. The van der Waals surface area contributed by atoms with Crippen LogP contribution in [0.15, 0.2) is 231 Å². The third kappa shape index (κ3) is 4.97. The van der Waals surface area contributed by atoms with Crippen molar-refractivity contribution in [3.05, 3.63) is 253 Å². The maximum atomic E-state index is 2.54. The molecule has 0 saturated heterocycles. The van der Waals surface area contributed by atoms with E-state index in [1.165, 1.54) is 81.1 Å². The number of hydrogen-bond acceptors (Lipinski definition) is 3. The van der Waals surface area contributed by atoms with Gasteiger partial charge in [0.1, 0.15) is 0 Å². The summed E-state index contributed by atoms with van der Waals surface area (Å²) in [5, 5.41) is 5.06. The lowest BCUT2D eigenvalue weighted by Gasteiger charge is -2.33. The molecule has 1 atom stereocenters. The summed E-state index contributed by atoms with van der Waals surface area (Å²) in [6.07, 6.45) is 0. The number of hydrogen-bond donors (Lipinski definition) is 0. The summed E-state index contributed by atoms with van der Waals surface area (Å²) < 4.78 is 2.61. The van der Waals surface area contributed by atoms with Gasteiger partial charge in [-0.3, -0.25) is 0 Å². The first-order valence-corrected chi connectivity index (χ1v) is 22.2. The van der Waals surface area contributed by atoms with Crippen LogP contribution >= 0.6 is 11.3 Å². The van der Waals surface area contributed by atoms with Crippen molar-refractivity contribution < 1.29 is 0 Å². The van der Waals surface area contributed by atoms with Crippen LogP contribution in [-0.2, 0) is 5.41 Å². The van der Waals surface area contributed by atoms with Crippen molar-refractivity contribution in [1.82, 2.24) is 0 Å². The molecule has 13 rings (SSSR count). The maximum absolute atomic E-state index is 2.54. The average molecular weight is 807 g/mol. The van der Waals surface area contributed by atoms with E-state index in [0.29, 0.717) is 0 Å². The number of nitrogens with zero attached hydrogens (tertiary/aromatic N) is 2. The van der Waals surface area contributed by atoms with E-state index in [1.807, 2.05) is 11.3 Å². The van der Waals surface area contributed by atoms with E-state index < -0.39 is 5.41 Å². The molecule has 2 nitrogen and oxygen atoms in total. The quantitative estimate of drug-likeness (QED) is 0.165. The minimum atomic E-state index is -0.546. The number of rotatable bonds is 6. The lowest BCUT2D eigenvalue weighted by Crippen LogP contribution is -2.26. The van der Waals surface area contributed by atoms with Crippen molar-refractivity contribution in [3.63, 3.8) is 0 Å². The van der Waals surface area contributed by atoms with E-state index in [1.54, 1.807) is 0 Å². The van der Waals surface area contributed by atoms with Crippen LogP contribution in [0.5, 0.6) is 0 Å². The zero-order chi connectivity index (χ0) is 40.8. The van der Waals surface area contributed by atoms with Gasteiger partial charge in [0.15, 0.2) is 0 Å². The van der Waals surface area contributed by atoms with Crippen LogP contribution in [-0.4, -0.2) is 0 Å². The number of fused-ring (bicyclic) bond motifs is 15. The summed E-state index contributed by atoms with van der Waals surface area (Å²) >= 11 is 1.86. The lowest BCUT2D eigenvalue weighted by molar-refractivity contribution is 0.794. The van der Waals surface area contributed by atoms with E-state index in [2.05, 4.69) is 240 Å². The van der Waals surface area contributed by atoms with Crippen LogP contribution < -0.4 is 9.80 Å².